The van der Waals surface area contributed by atoms with E-state index in [1.807, 2.05) is 14.2 Å². The van der Waals surface area contributed by atoms with E-state index in [0.717, 1.165) is 30.2 Å². The molecule has 26 heavy (non-hydrogen) atoms. The van der Waals surface area contributed by atoms with Gasteiger partial charge >= 0.3 is 8.56 Å². The Morgan fingerprint density at radius 3 is 2.08 bits per heavy atom. The third-order valence-electron chi connectivity index (χ3n) is 8.30. The van der Waals surface area contributed by atoms with Gasteiger partial charge in [-0.1, -0.05) is 38.5 Å². The lowest BCUT2D eigenvalue weighted by atomic mass is 9.73. The normalized spacial score (nSPS) is 44.2. The van der Waals surface area contributed by atoms with Crippen LogP contribution in [0.1, 0.15) is 71.1 Å². The van der Waals surface area contributed by atoms with Gasteiger partial charge in [-0.25, -0.2) is 0 Å². The minimum absolute atomic E-state index is 0.435. The highest BCUT2D eigenvalue weighted by atomic mass is 28.4. The molecule has 2 N–H and O–H groups in total. The van der Waals surface area contributed by atoms with Crippen LogP contribution in [0.5, 0.6) is 0 Å². The Kier molecular flexibility index (Phi) is 6.11. The molecule has 2 saturated carbocycles. The van der Waals surface area contributed by atoms with E-state index in [0.29, 0.717) is 17.4 Å². The molecule has 0 aromatic carbocycles. The first kappa shape index (κ1) is 19.4. The maximum Gasteiger partial charge on any atom is 0.373 e. The monoisotopic (exact) mass is 380 g/mol. The Bertz CT molecular complexity index is 471. The largest absolute Gasteiger partial charge is 0.396 e. The molecule has 4 rings (SSSR count). The number of hydrogen-bond donors (Lipinski definition) is 2. The van der Waals surface area contributed by atoms with Gasteiger partial charge in [-0.2, -0.15) is 0 Å². The summed E-state index contributed by atoms with van der Waals surface area (Å²) in [5.74, 6) is 3.26. The Balaban J connectivity index is 1.66. The van der Waals surface area contributed by atoms with Crippen LogP contribution in [0, 0.1) is 23.7 Å². The molecule has 0 bridgehead atoms. The lowest BCUT2D eigenvalue weighted by Gasteiger charge is -2.55. The van der Waals surface area contributed by atoms with Crippen molar-refractivity contribution in [1.29, 1.82) is 0 Å². The van der Waals surface area contributed by atoms with Crippen molar-refractivity contribution in [2.45, 2.75) is 88.5 Å². The first-order chi connectivity index (χ1) is 12.7. The molecule has 2 saturated heterocycles. The Morgan fingerprint density at radius 1 is 0.769 bits per heavy atom. The van der Waals surface area contributed by atoms with Crippen LogP contribution in [0.3, 0.4) is 0 Å². The van der Waals surface area contributed by atoms with Crippen molar-refractivity contribution in [1.82, 2.24) is 10.6 Å². The van der Waals surface area contributed by atoms with Gasteiger partial charge in [0.05, 0.1) is 11.3 Å². The predicted octanol–water partition coefficient (Wildman–Crippen LogP) is 3.52. The van der Waals surface area contributed by atoms with E-state index in [9.17, 15) is 0 Å². The molecule has 4 fully saturated rings. The van der Waals surface area contributed by atoms with Crippen molar-refractivity contribution in [2.75, 3.05) is 20.8 Å². The van der Waals surface area contributed by atoms with Crippen molar-refractivity contribution < 1.29 is 8.85 Å². The van der Waals surface area contributed by atoms with Gasteiger partial charge in [-0.15, -0.1) is 0 Å². The van der Waals surface area contributed by atoms with Crippen LogP contribution in [0.2, 0.25) is 0 Å². The topological polar surface area (TPSA) is 42.5 Å². The molecule has 7 atom stereocenters. The summed E-state index contributed by atoms with van der Waals surface area (Å²) < 4.78 is 13.0. The van der Waals surface area contributed by atoms with E-state index in [4.69, 9.17) is 8.85 Å². The highest BCUT2D eigenvalue weighted by molar-refractivity contribution is 6.71. The molecule has 0 aromatic heterocycles. The van der Waals surface area contributed by atoms with Gasteiger partial charge in [0.1, 0.15) is 0 Å². The molecule has 4 aliphatic rings. The number of fused-ring (bicyclic) bond motifs is 2. The lowest BCUT2D eigenvalue weighted by molar-refractivity contribution is 0.0752. The smallest absolute Gasteiger partial charge is 0.373 e. The van der Waals surface area contributed by atoms with Gasteiger partial charge in [-0.3, -0.25) is 0 Å². The first-order valence-electron chi connectivity index (χ1n) is 11.3. The molecule has 150 valence electrons. The van der Waals surface area contributed by atoms with Crippen LogP contribution in [0.15, 0.2) is 0 Å². The van der Waals surface area contributed by atoms with E-state index in [2.05, 4.69) is 17.6 Å². The molecule has 0 aromatic rings. The summed E-state index contributed by atoms with van der Waals surface area (Å²) in [6.07, 6.45) is 13.8. The highest BCUT2D eigenvalue weighted by Crippen LogP contribution is 2.45. The van der Waals surface area contributed by atoms with E-state index in [1.165, 1.54) is 64.2 Å². The van der Waals surface area contributed by atoms with E-state index < -0.39 is 8.56 Å². The molecule has 0 amide bonds. The zero-order chi connectivity index (χ0) is 18.1. The van der Waals surface area contributed by atoms with Gasteiger partial charge in [0.2, 0.25) is 0 Å². The fraction of sp³-hybridized carbons (Fsp3) is 1.00. The van der Waals surface area contributed by atoms with Crippen molar-refractivity contribution in [3.63, 3.8) is 0 Å². The molecular formula is C21H40N2O2Si. The van der Waals surface area contributed by atoms with Gasteiger partial charge in [-0.05, 0) is 62.8 Å². The van der Waals surface area contributed by atoms with Crippen molar-refractivity contribution in [3.8, 4) is 0 Å². The van der Waals surface area contributed by atoms with Crippen LogP contribution in [-0.2, 0) is 8.85 Å². The molecule has 5 heteroatoms. The van der Waals surface area contributed by atoms with E-state index in [-0.39, 0.29) is 0 Å². The quantitative estimate of drug-likeness (QED) is 0.732. The highest BCUT2D eigenvalue weighted by Gasteiger charge is 2.60. The lowest BCUT2D eigenvalue weighted by Crippen LogP contribution is -2.77. The Morgan fingerprint density at radius 2 is 1.38 bits per heavy atom. The fourth-order valence-electron chi connectivity index (χ4n) is 7.17. The second-order valence-corrected chi connectivity index (χ2v) is 13.1. The number of rotatable bonds is 4. The second-order valence-electron chi connectivity index (χ2n) is 9.55. The summed E-state index contributed by atoms with van der Waals surface area (Å²) in [5, 5.41) is 7.96. The van der Waals surface area contributed by atoms with Gasteiger partial charge in [0, 0.05) is 20.3 Å². The van der Waals surface area contributed by atoms with Crippen molar-refractivity contribution in [2.24, 2.45) is 23.7 Å². The van der Waals surface area contributed by atoms with Gasteiger partial charge in [0.15, 0.2) is 0 Å². The summed E-state index contributed by atoms with van der Waals surface area (Å²) in [6.45, 7) is 3.52. The van der Waals surface area contributed by atoms with Crippen LogP contribution < -0.4 is 10.6 Å². The first-order valence-corrected chi connectivity index (χ1v) is 13.3. The summed E-state index contributed by atoms with van der Waals surface area (Å²) >= 11 is 0. The van der Waals surface area contributed by atoms with Crippen LogP contribution in [0.4, 0.5) is 0 Å². The average Bonchev–Trinajstić information content (AvgIpc) is 2.69. The number of piperidine rings is 2. The Hall–Kier alpha value is 0.0569. The molecule has 2 aliphatic heterocycles. The van der Waals surface area contributed by atoms with E-state index in [1.54, 1.807) is 0 Å². The molecular weight excluding hydrogens is 340 g/mol. The third-order valence-corrected chi connectivity index (χ3v) is 12.5. The standard InChI is InChI=1S/C21H40N2O2Si/c1-15-14-17-9-5-7-11-19(17)21(23-15)26(24-2,25-3)20-18-10-6-4-8-16(18)12-13-22-20/h15-23H,4-14H2,1-3H3. The summed E-state index contributed by atoms with van der Waals surface area (Å²) in [6, 6.07) is 0.585. The summed E-state index contributed by atoms with van der Waals surface area (Å²) in [4.78, 5) is 0. The maximum atomic E-state index is 6.50. The van der Waals surface area contributed by atoms with Gasteiger partial charge in [0.25, 0.3) is 0 Å². The average molecular weight is 381 g/mol. The molecule has 7 unspecified atom stereocenters. The van der Waals surface area contributed by atoms with E-state index >= 15 is 0 Å². The van der Waals surface area contributed by atoms with Crippen molar-refractivity contribution in [3.05, 3.63) is 0 Å². The minimum Gasteiger partial charge on any atom is -0.396 e. The summed E-state index contributed by atoms with van der Waals surface area (Å²) in [5.41, 5.74) is 0.881. The molecule has 4 nitrogen and oxygen atoms in total. The van der Waals surface area contributed by atoms with Crippen LogP contribution in [0.25, 0.3) is 0 Å². The van der Waals surface area contributed by atoms with Crippen LogP contribution >= 0.6 is 0 Å². The zero-order valence-electron chi connectivity index (χ0n) is 17.1. The Labute approximate surface area is 161 Å². The zero-order valence-corrected chi connectivity index (χ0v) is 18.1. The minimum atomic E-state index is -2.42. The number of nitrogens with one attached hydrogen (secondary N) is 2. The second kappa shape index (κ2) is 8.20. The van der Waals surface area contributed by atoms with Gasteiger partial charge < -0.3 is 19.5 Å². The molecule has 2 aliphatic carbocycles. The number of hydrogen-bond acceptors (Lipinski definition) is 4. The maximum absolute atomic E-state index is 6.50. The third kappa shape index (κ3) is 3.32. The molecule has 0 spiro atoms. The van der Waals surface area contributed by atoms with Crippen LogP contribution in [-0.4, -0.2) is 46.7 Å². The molecule has 0 radical (unpaired) electrons. The molecule has 2 heterocycles. The van der Waals surface area contributed by atoms with Crippen molar-refractivity contribution >= 4 is 8.56 Å². The fourth-order valence-corrected chi connectivity index (χ4v) is 11.8. The SMILES string of the molecule is CO[Si](OC)(C1NCCC2CCCCC21)C1NC(C)CC2CCCCC21. The predicted molar refractivity (Wildman–Crippen MR) is 108 cm³/mol. The summed E-state index contributed by atoms with van der Waals surface area (Å²) in [7, 11) is 1.47.